The second-order valence-corrected chi connectivity index (χ2v) is 14.9. The van der Waals surface area contributed by atoms with E-state index in [1.165, 1.54) is 6.92 Å². The summed E-state index contributed by atoms with van der Waals surface area (Å²) in [5.74, 6) is -3.31. The number of esters is 1. The zero-order valence-corrected chi connectivity index (χ0v) is 30.2. The molecule has 0 aromatic carbocycles. The average molecular weight is 664 g/mol. The van der Waals surface area contributed by atoms with Crippen LogP contribution in [0.3, 0.4) is 0 Å². The van der Waals surface area contributed by atoms with Crippen LogP contribution in [0.1, 0.15) is 74.7 Å². The molecular weight excluding hydrogens is 606 g/mol. The summed E-state index contributed by atoms with van der Waals surface area (Å²) < 4.78 is 31.6. The van der Waals surface area contributed by atoms with Crippen LogP contribution in [0.15, 0.2) is 12.2 Å². The predicted octanol–water partition coefficient (Wildman–Crippen LogP) is 3.45. The molecule has 1 amide bonds. The van der Waals surface area contributed by atoms with Gasteiger partial charge in [-0.05, 0) is 80.9 Å². The van der Waals surface area contributed by atoms with E-state index in [4.69, 9.17) is 23.7 Å². The van der Waals surface area contributed by atoms with Crippen LogP contribution >= 0.6 is 0 Å². The third-order valence-corrected chi connectivity index (χ3v) is 10.9. The molecule has 4 aliphatic heterocycles. The Hall–Kier alpha value is -2.38. The van der Waals surface area contributed by atoms with Gasteiger partial charge in [0.15, 0.2) is 11.4 Å². The summed E-state index contributed by atoms with van der Waals surface area (Å²) in [6.45, 7) is 16.0. The Morgan fingerprint density at radius 3 is 2.34 bits per heavy atom. The van der Waals surface area contributed by atoms with Gasteiger partial charge in [0.1, 0.15) is 12.0 Å². The van der Waals surface area contributed by atoms with Crippen LogP contribution in [-0.2, 0) is 38.1 Å². The lowest BCUT2D eigenvalue weighted by Crippen LogP contribution is -2.61. The largest absolute Gasteiger partial charge is 0.458 e. The first-order valence-corrected chi connectivity index (χ1v) is 17.2. The van der Waals surface area contributed by atoms with Crippen molar-refractivity contribution in [3.63, 3.8) is 0 Å². The molecule has 4 heterocycles. The van der Waals surface area contributed by atoms with E-state index in [1.54, 1.807) is 11.8 Å². The second kappa shape index (κ2) is 14.6. The highest BCUT2D eigenvalue weighted by Gasteiger charge is 2.59. The number of fused-ring (bicyclic) bond motifs is 5. The van der Waals surface area contributed by atoms with Gasteiger partial charge in [-0.2, -0.15) is 0 Å². The second-order valence-electron chi connectivity index (χ2n) is 14.9. The number of hydrogen-bond donors (Lipinski definition) is 0. The van der Waals surface area contributed by atoms with Crippen LogP contribution in [0.5, 0.6) is 0 Å². The van der Waals surface area contributed by atoms with Gasteiger partial charge in [-0.1, -0.05) is 32.9 Å². The first kappa shape index (κ1) is 37.4. The molecule has 2 bridgehead atoms. The third kappa shape index (κ3) is 7.46. The molecular formula is C35H57N3O9. The number of ketones is 2. The van der Waals surface area contributed by atoms with E-state index in [9.17, 15) is 19.2 Å². The fraction of sp³-hybridized carbons (Fsp3) is 0.829. The number of ether oxygens (including phenoxy) is 5. The minimum atomic E-state index is -1.22. The zero-order chi connectivity index (χ0) is 35.0. The third-order valence-electron chi connectivity index (χ3n) is 10.9. The fourth-order valence-corrected chi connectivity index (χ4v) is 8.24. The molecule has 3 saturated heterocycles. The molecule has 0 radical (unpaired) electrons. The lowest BCUT2D eigenvalue weighted by atomic mass is 9.78. The van der Waals surface area contributed by atoms with Gasteiger partial charge in [0.05, 0.1) is 36.5 Å². The fourth-order valence-electron chi connectivity index (χ4n) is 8.24. The van der Waals surface area contributed by atoms with Crippen LogP contribution in [0, 0.1) is 17.8 Å². The van der Waals surface area contributed by atoms with Crippen molar-refractivity contribution in [3.05, 3.63) is 12.2 Å². The highest BCUT2D eigenvalue weighted by Crippen LogP contribution is 2.41. The number of amides is 1. The van der Waals surface area contributed by atoms with Gasteiger partial charge in [-0.25, -0.2) is 4.79 Å². The van der Waals surface area contributed by atoms with Crippen LogP contribution in [-0.4, -0.2) is 133 Å². The van der Waals surface area contributed by atoms with Gasteiger partial charge in [-0.15, -0.1) is 0 Å². The zero-order valence-electron chi connectivity index (χ0n) is 30.2. The first-order valence-electron chi connectivity index (χ1n) is 17.2. The van der Waals surface area contributed by atoms with E-state index in [0.717, 1.165) is 0 Å². The maximum absolute atomic E-state index is 14.2. The first-order chi connectivity index (χ1) is 21.9. The highest BCUT2D eigenvalue weighted by molar-refractivity contribution is 6.00. The van der Waals surface area contributed by atoms with Gasteiger partial charge in [0, 0.05) is 25.0 Å². The Morgan fingerprint density at radius 2 is 1.70 bits per heavy atom. The molecule has 12 nitrogen and oxygen atoms in total. The van der Waals surface area contributed by atoms with Gasteiger partial charge in [0.2, 0.25) is 12.1 Å². The minimum Gasteiger partial charge on any atom is -0.458 e. The van der Waals surface area contributed by atoms with Gasteiger partial charge >= 0.3 is 12.1 Å². The average Bonchev–Trinajstić information content (AvgIpc) is 3.26. The van der Waals surface area contributed by atoms with E-state index >= 15 is 0 Å². The van der Waals surface area contributed by atoms with Crippen molar-refractivity contribution in [3.8, 4) is 0 Å². The van der Waals surface area contributed by atoms with Crippen molar-refractivity contribution in [2.24, 2.45) is 17.8 Å². The number of nitrogens with zero attached hydrogens (tertiary/aromatic N) is 3. The molecule has 0 spiro atoms. The van der Waals surface area contributed by atoms with Crippen LogP contribution < -0.4 is 0 Å². The van der Waals surface area contributed by atoms with Crippen LogP contribution in [0.2, 0.25) is 0 Å². The molecule has 266 valence electrons. The number of Topliss-reactive ketones (excluding diaryl/α,β-unsaturated/α-hetero) is 2. The Bertz CT molecular complexity index is 1210. The molecule has 4 aliphatic rings. The van der Waals surface area contributed by atoms with E-state index in [0.29, 0.717) is 25.8 Å². The van der Waals surface area contributed by atoms with Crippen LogP contribution in [0.25, 0.3) is 0 Å². The monoisotopic (exact) mass is 663 g/mol. The Morgan fingerprint density at radius 1 is 1.02 bits per heavy atom. The van der Waals surface area contributed by atoms with Crippen molar-refractivity contribution in [1.82, 2.24) is 14.7 Å². The number of carbonyl (C=O) groups excluding carboxylic acids is 4. The van der Waals surface area contributed by atoms with Gasteiger partial charge < -0.3 is 28.6 Å². The Balaban J connectivity index is 1.86. The highest BCUT2D eigenvalue weighted by atomic mass is 16.7. The maximum atomic E-state index is 14.2. The van der Waals surface area contributed by atoms with Crippen molar-refractivity contribution in [2.75, 3.05) is 40.8 Å². The molecule has 0 aromatic rings. The summed E-state index contributed by atoms with van der Waals surface area (Å²) in [5.41, 5.74) is -2.25. The predicted molar refractivity (Wildman–Crippen MR) is 175 cm³/mol. The summed E-state index contributed by atoms with van der Waals surface area (Å²) in [6.07, 6.45) is 1.41. The molecule has 4 rings (SSSR count). The number of carbonyl (C=O) groups is 4. The number of hydrogen-bond acceptors (Lipinski definition) is 11. The minimum absolute atomic E-state index is 0.0298. The number of rotatable bonds is 4. The van der Waals surface area contributed by atoms with E-state index in [1.807, 2.05) is 65.9 Å². The van der Waals surface area contributed by atoms with Crippen molar-refractivity contribution >= 4 is 23.6 Å². The summed E-state index contributed by atoms with van der Waals surface area (Å²) in [5, 5.41) is 0. The molecule has 2 unspecified atom stereocenters. The molecule has 3 fully saturated rings. The van der Waals surface area contributed by atoms with Crippen molar-refractivity contribution in [2.45, 2.75) is 129 Å². The molecule has 12 heteroatoms. The Kier molecular flexibility index (Phi) is 11.6. The van der Waals surface area contributed by atoms with Crippen LogP contribution in [0.4, 0.5) is 4.79 Å². The molecule has 47 heavy (non-hydrogen) atoms. The summed E-state index contributed by atoms with van der Waals surface area (Å²) >= 11 is 0. The number of cyclic esters (lactones) is 1. The standard InChI is InChI=1S/C35H57N3O9/c1-12-26-35(8)29-24(6)37(11)19-20(2)18-34(7,43-16-14-13-15-38(29)33(42)47-35)30(22(4)27(39)23(5)31(41)45-26)46-32-28(40)25(36(9)10)17-21(3)44-32/h13-14,20-26,29-30,32H,12,15-19H2,1-11H3/b14-13+/t20-,21-,22+,23?,24-,25?,26-,29-,30-,32+,34-,35-/m1/s1. The summed E-state index contributed by atoms with van der Waals surface area (Å²) in [7, 11) is 5.71. The lowest BCUT2D eigenvalue weighted by Gasteiger charge is -2.45. The smallest absolute Gasteiger partial charge is 0.411 e. The molecule has 0 aliphatic carbocycles. The summed E-state index contributed by atoms with van der Waals surface area (Å²) in [4.78, 5) is 60.9. The van der Waals surface area contributed by atoms with E-state index in [2.05, 4.69) is 18.7 Å². The van der Waals surface area contributed by atoms with Crippen molar-refractivity contribution < 1.29 is 42.9 Å². The molecule has 0 N–H and O–H groups in total. The SMILES string of the molecule is CC[C@H]1OC(=O)C(C)C(=O)[C@H](C)[C@@H](O[C@@H]2O[C@H](C)CC(N(C)C)C2=O)[C@@]2(C)C[C@@H](C)CN(C)[C@H](C)[C@H]3N(C/C=C/CO2)C(=O)O[C@]13C. The lowest BCUT2D eigenvalue weighted by molar-refractivity contribution is -0.252. The molecule has 12 atom stereocenters. The van der Waals surface area contributed by atoms with Gasteiger partial charge in [0.25, 0.3) is 0 Å². The number of likely N-dealkylation sites (N-methyl/N-ethyl adjacent to an activating group) is 2. The quantitative estimate of drug-likeness (QED) is 0.250. The Labute approximate surface area is 280 Å². The topological polar surface area (TPSA) is 124 Å². The normalized spacial score (nSPS) is 43.7. The maximum Gasteiger partial charge on any atom is 0.411 e. The molecule has 0 saturated carbocycles. The molecule has 0 aromatic heterocycles. The van der Waals surface area contributed by atoms with E-state index < -0.39 is 71.5 Å². The van der Waals surface area contributed by atoms with Crippen molar-refractivity contribution in [1.29, 1.82) is 0 Å². The van der Waals surface area contributed by atoms with E-state index in [-0.39, 0.29) is 37.0 Å². The summed E-state index contributed by atoms with van der Waals surface area (Å²) in [6, 6.07) is -1.04. The van der Waals surface area contributed by atoms with Gasteiger partial charge in [-0.3, -0.25) is 24.2 Å².